The summed E-state index contributed by atoms with van der Waals surface area (Å²) in [6.07, 6.45) is 1.85. The van der Waals surface area contributed by atoms with Crippen LogP contribution in [-0.4, -0.2) is 77.5 Å². The topological polar surface area (TPSA) is 136 Å². The molecule has 180 valence electrons. The van der Waals surface area contributed by atoms with Crippen LogP contribution in [0.2, 0.25) is 0 Å². The zero-order chi connectivity index (χ0) is 23.9. The van der Waals surface area contributed by atoms with Gasteiger partial charge in [0.1, 0.15) is 11.8 Å². The van der Waals surface area contributed by atoms with Crippen molar-refractivity contribution in [3.05, 3.63) is 24.3 Å². The molecular formula is C20H30N2O8S2. The molecule has 1 heterocycles. The largest absolute Gasteiger partial charge is 0.497 e. The second-order valence-corrected chi connectivity index (χ2v) is 11.6. The zero-order valence-electron chi connectivity index (χ0n) is 18.4. The number of carbonyl (C=O) groups excluding carboxylic acids is 2. The fraction of sp³-hybridized carbons (Fsp3) is 0.600. The van der Waals surface area contributed by atoms with E-state index in [1.54, 1.807) is 0 Å². The van der Waals surface area contributed by atoms with Crippen molar-refractivity contribution in [3.8, 4) is 5.75 Å². The van der Waals surface area contributed by atoms with Gasteiger partial charge in [0, 0.05) is 12.6 Å². The number of unbranched alkanes of at least 4 members (excludes halogenated alkanes) is 1. The van der Waals surface area contributed by atoms with Gasteiger partial charge in [0.05, 0.1) is 23.5 Å². The number of nitrogens with one attached hydrogen (secondary N) is 1. The molecule has 1 saturated heterocycles. The standard InChI is InChI=1S/C20H30N2O8S2/c1-4-5-11-22(16-10-12-31(25,26)14-16)19(23)13-30-20(24)15(2)21-32(27,28)18-8-6-17(29-3)7-9-18/h6-9,15-16,21H,4-5,10-14H2,1-3H3. The predicted octanol–water partition coefficient (Wildman–Crippen LogP) is 0.721. The molecule has 1 N–H and O–H groups in total. The summed E-state index contributed by atoms with van der Waals surface area (Å²) in [5.74, 6) is -1.01. The lowest BCUT2D eigenvalue weighted by molar-refractivity contribution is -0.153. The maximum absolute atomic E-state index is 12.6. The van der Waals surface area contributed by atoms with E-state index in [-0.39, 0.29) is 16.4 Å². The molecule has 2 rings (SSSR count). The van der Waals surface area contributed by atoms with Crippen molar-refractivity contribution in [2.45, 2.75) is 50.1 Å². The van der Waals surface area contributed by atoms with Gasteiger partial charge in [0.2, 0.25) is 10.0 Å². The average Bonchev–Trinajstić information content (AvgIpc) is 3.11. The van der Waals surface area contributed by atoms with Gasteiger partial charge >= 0.3 is 5.97 Å². The molecule has 1 fully saturated rings. The lowest BCUT2D eigenvalue weighted by atomic mass is 10.2. The minimum absolute atomic E-state index is 0.0253. The molecule has 0 bridgehead atoms. The first-order valence-corrected chi connectivity index (χ1v) is 13.6. The third-order valence-electron chi connectivity index (χ3n) is 5.12. The van der Waals surface area contributed by atoms with Crippen LogP contribution < -0.4 is 9.46 Å². The molecule has 1 amide bonds. The first-order chi connectivity index (χ1) is 15.0. The van der Waals surface area contributed by atoms with E-state index in [2.05, 4.69) is 4.72 Å². The zero-order valence-corrected chi connectivity index (χ0v) is 20.1. The molecule has 1 aromatic carbocycles. The summed E-state index contributed by atoms with van der Waals surface area (Å²) in [4.78, 5) is 26.3. The van der Waals surface area contributed by atoms with E-state index in [0.29, 0.717) is 25.1 Å². The number of esters is 1. The summed E-state index contributed by atoms with van der Waals surface area (Å²) in [5.41, 5.74) is 0. The van der Waals surface area contributed by atoms with E-state index in [1.165, 1.54) is 43.2 Å². The van der Waals surface area contributed by atoms with Crippen molar-refractivity contribution in [1.82, 2.24) is 9.62 Å². The van der Waals surface area contributed by atoms with E-state index < -0.39 is 50.4 Å². The number of methoxy groups -OCH3 is 1. The molecule has 2 unspecified atom stereocenters. The third-order valence-corrected chi connectivity index (χ3v) is 8.42. The van der Waals surface area contributed by atoms with Gasteiger partial charge in [0.15, 0.2) is 16.4 Å². The van der Waals surface area contributed by atoms with Crippen molar-refractivity contribution in [3.63, 3.8) is 0 Å². The number of amides is 1. The first-order valence-electron chi connectivity index (χ1n) is 10.3. The molecule has 1 aliphatic rings. The fourth-order valence-corrected chi connectivity index (χ4v) is 6.23. The average molecular weight is 491 g/mol. The summed E-state index contributed by atoms with van der Waals surface area (Å²) in [7, 11) is -5.72. The quantitative estimate of drug-likeness (QED) is 0.448. The number of rotatable bonds is 11. The van der Waals surface area contributed by atoms with Gasteiger partial charge in [-0.05, 0) is 44.0 Å². The lowest BCUT2D eigenvalue weighted by Crippen LogP contribution is -2.45. The number of nitrogens with zero attached hydrogens (tertiary/aromatic N) is 1. The number of hydrogen-bond donors (Lipinski definition) is 1. The molecule has 0 radical (unpaired) electrons. The molecule has 1 aliphatic heterocycles. The minimum atomic E-state index is -3.99. The van der Waals surface area contributed by atoms with Crippen LogP contribution in [0, 0.1) is 0 Å². The van der Waals surface area contributed by atoms with E-state index in [1.807, 2.05) is 6.92 Å². The smallest absolute Gasteiger partial charge is 0.324 e. The molecule has 0 aromatic heterocycles. The Balaban J connectivity index is 1.95. The summed E-state index contributed by atoms with van der Waals surface area (Å²) >= 11 is 0. The summed E-state index contributed by atoms with van der Waals surface area (Å²) in [6, 6.07) is 3.96. The summed E-state index contributed by atoms with van der Waals surface area (Å²) in [6.45, 7) is 3.04. The van der Waals surface area contributed by atoms with Gasteiger partial charge in [-0.3, -0.25) is 9.59 Å². The Morgan fingerprint density at radius 1 is 1.25 bits per heavy atom. The van der Waals surface area contributed by atoms with E-state index >= 15 is 0 Å². The number of carbonyl (C=O) groups is 2. The highest BCUT2D eigenvalue weighted by Crippen LogP contribution is 2.19. The third kappa shape index (κ3) is 7.17. The number of sulfone groups is 1. The van der Waals surface area contributed by atoms with Crippen LogP contribution in [0.5, 0.6) is 5.75 Å². The van der Waals surface area contributed by atoms with E-state index in [4.69, 9.17) is 9.47 Å². The highest BCUT2D eigenvalue weighted by molar-refractivity contribution is 7.91. The Bertz CT molecular complexity index is 1010. The molecule has 2 atom stereocenters. The molecule has 0 aliphatic carbocycles. The Kier molecular flexibility index (Phi) is 9.05. The Morgan fingerprint density at radius 2 is 1.91 bits per heavy atom. The van der Waals surface area contributed by atoms with Gasteiger partial charge < -0.3 is 14.4 Å². The molecule has 0 spiro atoms. The Morgan fingerprint density at radius 3 is 2.44 bits per heavy atom. The highest BCUT2D eigenvalue weighted by Gasteiger charge is 2.35. The van der Waals surface area contributed by atoms with Crippen molar-refractivity contribution in [2.24, 2.45) is 0 Å². The van der Waals surface area contributed by atoms with Crippen molar-refractivity contribution >= 4 is 31.7 Å². The van der Waals surface area contributed by atoms with Gasteiger partial charge in [-0.15, -0.1) is 0 Å². The molecule has 12 heteroatoms. The predicted molar refractivity (Wildman–Crippen MR) is 117 cm³/mol. The number of benzene rings is 1. The summed E-state index contributed by atoms with van der Waals surface area (Å²) in [5, 5.41) is 0. The van der Waals surface area contributed by atoms with Crippen LogP contribution in [0.3, 0.4) is 0 Å². The fourth-order valence-electron chi connectivity index (χ4n) is 3.31. The van der Waals surface area contributed by atoms with Crippen molar-refractivity contribution in [1.29, 1.82) is 0 Å². The Labute approximate surface area is 189 Å². The second kappa shape index (κ2) is 11.1. The first kappa shape index (κ1) is 26.1. The number of ether oxygens (including phenoxy) is 2. The van der Waals surface area contributed by atoms with Crippen LogP contribution in [-0.2, 0) is 34.2 Å². The number of hydrogen-bond acceptors (Lipinski definition) is 8. The molecule has 1 aromatic rings. The summed E-state index contributed by atoms with van der Waals surface area (Å²) < 4.78 is 60.7. The second-order valence-electron chi connectivity index (χ2n) is 7.62. The SMILES string of the molecule is CCCCN(C(=O)COC(=O)C(C)NS(=O)(=O)c1ccc(OC)cc1)C1CCS(=O)(=O)C1. The van der Waals surface area contributed by atoms with E-state index in [0.717, 1.165) is 6.42 Å². The van der Waals surface area contributed by atoms with Gasteiger partial charge in [-0.2, -0.15) is 4.72 Å². The van der Waals surface area contributed by atoms with Crippen molar-refractivity contribution in [2.75, 3.05) is 31.8 Å². The van der Waals surface area contributed by atoms with Gasteiger partial charge in [-0.25, -0.2) is 16.8 Å². The molecule has 32 heavy (non-hydrogen) atoms. The normalized spacial score (nSPS) is 18.7. The minimum Gasteiger partial charge on any atom is -0.497 e. The van der Waals surface area contributed by atoms with Crippen LogP contribution in [0.15, 0.2) is 29.2 Å². The van der Waals surface area contributed by atoms with Crippen LogP contribution in [0.4, 0.5) is 0 Å². The van der Waals surface area contributed by atoms with Gasteiger partial charge in [-0.1, -0.05) is 13.3 Å². The Hall–Kier alpha value is -2.18. The molecule has 10 nitrogen and oxygen atoms in total. The lowest BCUT2D eigenvalue weighted by Gasteiger charge is -2.28. The van der Waals surface area contributed by atoms with Crippen LogP contribution in [0.25, 0.3) is 0 Å². The van der Waals surface area contributed by atoms with E-state index in [9.17, 15) is 26.4 Å². The maximum atomic E-state index is 12.6. The molecular weight excluding hydrogens is 460 g/mol. The van der Waals surface area contributed by atoms with Crippen molar-refractivity contribution < 1.29 is 35.9 Å². The van der Waals surface area contributed by atoms with Gasteiger partial charge in [0.25, 0.3) is 5.91 Å². The maximum Gasteiger partial charge on any atom is 0.324 e. The number of sulfonamides is 1. The van der Waals surface area contributed by atoms with Crippen LogP contribution in [0.1, 0.15) is 33.1 Å². The highest BCUT2D eigenvalue weighted by atomic mass is 32.2. The molecule has 0 saturated carbocycles. The van der Waals surface area contributed by atoms with Crippen LogP contribution >= 0.6 is 0 Å². The monoisotopic (exact) mass is 490 g/mol.